The monoisotopic (exact) mass is 325 g/mol. The summed E-state index contributed by atoms with van der Waals surface area (Å²) in [5, 5.41) is 0. The fourth-order valence-corrected chi connectivity index (χ4v) is 2.38. The molecule has 0 aliphatic heterocycles. The molecule has 0 saturated heterocycles. The molecule has 2 rings (SSSR count). The number of likely N-dealkylation sites (N-methyl/N-ethyl adjacent to an activating group) is 1. The lowest BCUT2D eigenvalue weighted by atomic mass is 10.1. The largest absolute Gasteiger partial charge is 0.493 e. The minimum absolute atomic E-state index is 0.0175. The Labute approximate surface area is 143 Å². The number of hydrogen-bond acceptors (Lipinski definition) is 3. The van der Waals surface area contributed by atoms with Crippen molar-refractivity contribution in [3.05, 3.63) is 65.7 Å². The van der Waals surface area contributed by atoms with Crippen LogP contribution in [-0.2, 0) is 11.3 Å². The van der Waals surface area contributed by atoms with E-state index in [1.807, 2.05) is 55.5 Å². The summed E-state index contributed by atoms with van der Waals surface area (Å²) in [7, 11) is 3.19. The summed E-state index contributed by atoms with van der Waals surface area (Å²) in [4.78, 5) is 14.2. The summed E-state index contributed by atoms with van der Waals surface area (Å²) in [6.45, 7) is 3.24. The number of benzene rings is 2. The van der Waals surface area contributed by atoms with Crippen molar-refractivity contribution in [1.82, 2.24) is 4.90 Å². The molecule has 0 aliphatic rings. The SMILES string of the molecule is CCN(Cc1ccccc1)C(=O)/C=C/c1ccc(OC)c(OC)c1. The molecule has 4 heteroatoms. The molecule has 126 valence electrons. The van der Waals surface area contributed by atoms with Crippen molar-refractivity contribution < 1.29 is 14.3 Å². The molecule has 4 nitrogen and oxygen atoms in total. The van der Waals surface area contributed by atoms with Gasteiger partial charge in [-0.15, -0.1) is 0 Å². The number of carbonyl (C=O) groups excluding carboxylic acids is 1. The standard InChI is InChI=1S/C20H23NO3/c1-4-21(15-17-8-6-5-7-9-17)20(22)13-11-16-10-12-18(23-2)19(14-16)24-3/h5-14H,4,15H2,1-3H3/b13-11+. The zero-order valence-electron chi connectivity index (χ0n) is 14.4. The molecule has 0 atom stereocenters. The average Bonchev–Trinajstić information content (AvgIpc) is 2.64. The maximum Gasteiger partial charge on any atom is 0.246 e. The molecule has 0 heterocycles. The first kappa shape index (κ1) is 17.6. The Balaban J connectivity index is 2.08. The van der Waals surface area contributed by atoms with Gasteiger partial charge in [-0.3, -0.25) is 4.79 Å². The van der Waals surface area contributed by atoms with Crippen molar-refractivity contribution in [2.24, 2.45) is 0 Å². The summed E-state index contributed by atoms with van der Waals surface area (Å²) in [5.74, 6) is 1.29. The van der Waals surface area contributed by atoms with Crippen LogP contribution in [0.4, 0.5) is 0 Å². The van der Waals surface area contributed by atoms with Gasteiger partial charge in [0.1, 0.15) is 0 Å². The minimum Gasteiger partial charge on any atom is -0.493 e. The van der Waals surface area contributed by atoms with Crippen LogP contribution in [-0.4, -0.2) is 31.6 Å². The van der Waals surface area contributed by atoms with Gasteiger partial charge in [-0.05, 0) is 36.3 Å². The summed E-state index contributed by atoms with van der Waals surface area (Å²) in [6, 6.07) is 15.5. The molecule has 0 saturated carbocycles. The van der Waals surface area contributed by atoms with E-state index >= 15 is 0 Å². The van der Waals surface area contributed by atoms with Crippen LogP contribution in [0.15, 0.2) is 54.6 Å². The minimum atomic E-state index is -0.0175. The molecule has 0 spiro atoms. The molecule has 0 radical (unpaired) electrons. The number of rotatable bonds is 7. The van der Waals surface area contributed by atoms with Crippen LogP contribution in [0, 0.1) is 0 Å². The van der Waals surface area contributed by atoms with E-state index in [9.17, 15) is 4.79 Å². The van der Waals surface area contributed by atoms with Crippen molar-refractivity contribution in [3.63, 3.8) is 0 Å². The third-order valence-electron chi connectivity index (χ3n) is 3.74. The zero-order chi connectivity index (χ0) is 17.4. The van der Waals surface area contributed by atoms with Gasteiger partial charge in [-0.2, -0.15) is 0 Å². The number of carbonyl (C=O) groups is 1. The molecule has 2 aromatic rings. The van der Waals surface area contributed by atoms with Crippen LogP contribution in [0.5, 0.6) is 11.5 Å². The number of nitrogens with zero attached hydrogens (tertiary/aromatic N) is 1. The van der Waals surface area contributed by atoms with Crippen LogP contribution >= 0.6 is 0 Å². The average molecular weight is 325 g/mol. The normalized spacial score (nSPS) is 10.6. The number of ether oxygens (including phenoxy) is 2. The van der Waals surface area contributed by atoms with Gasteiger partial charge in [0.2, 0.25) is 5.91 Å². The van der Waals surface area contributed by atoms with E-state index in [-0.39, 0.29) is 5.91 Å². The van der Waals surface area contributed by atoms with E-state index in [0.29, 0.717) is 24.6 Å². The van der Waals surface area contributed by atoms with E-state index in [1.165, 1.54) is 0 Å². The Kier molecular flexibility index (Phi) is 6.43. The second-order valence-corrected chi connectivity index (χ2v) is 5.29. The van der Waals surface area contributed by atoms with Gasteiger partial charge >= 0.3 is 0 Å². The van der Waals surface area contributed by atoms with Crippen LogP contribution in [0.1, 0.15) is 18.1 Å². The fourth-order valence-electron chi connectivity index (χ4n) is 2.38. The van der Waals surface area contributed by atoms with Gasteiger partial charge in [0.15, 0.2) is 11.5 Å². The zero-order valence-corrected chi connectivity index (χ0v) is 14.4. The Morgan fingerprint density at radius 1 is 1.04 bits per heavy atom. The van der Waals surface area contributed by atoms with Gasteiger partial charge in [0, 0.05) is 19.2 Å². The first-order valence-electron chi connectivity index (χ1n) is 7.90. The van der Waals surface area contributed by atoms with Crippen molar-refractivity contribution >= 4 is 12.0 Å². The highest BCUT2D eigenvalue weighted by molar-refractivity contribution is 5.91. The number of hydrogen-bond donors (Lipinski definition) is 0. The highest BCUT2D eigenvalue weighted by Crippen LogP contribution is 2.27. The molecule has 0 aliphatic carbocycles. The molecule has 24 heavy (non-hydrogen) atoms. The van der Waals surface area contributed by atoms with Crippen molar-refractivity contribution in [2.45, 2.75) is 13.5 Å². The molecular weight excluding hydrogens is 302 g/mol. The van der Waals surface area contributed by atoms with E-state index < -0.39 is 0 Å². The topological polar surface area (TPSA) is 38.8 Å². The van der Waals surface area contributed by atoms with Gasteiger partial charge < -0.3 is 14.4 Å². The quantitative estimate of drug-likeness (QED) is 0.728. The third-order valence-corrected chi connectivity index (χ3v) is 3.74. The van der Waals surface area contributed by atoms with E-state index in [2.05, 4.69) is 0 Å². The summed E-state index contributed by atoms with van der Waals surface area (Å²) in [6.07, 6.45) is 3.38. The van der Waals surface area contributed by atoms with Crippen LogP contribution in [0.25, 0.3) is 6.08 Å². The van der Waals surface area contributed by atoms with Gasteiger partial charge in [0.25, 0.3) is 0 Å². The summed E-state index contributed by atoms with van der Waals surface area (Å²) in [5.41, 5.74) is 2.00. The lowest BCUT2D eigenvalue weighted by Gasteiger charge is -2.19. The highest BCUT2D eigenvalue weighted by Gasteiger charge is 2.09. The van der Waals surface area contributed by atoms with Gasteiger partial charge in [-0.25, -0.2) is 0 Å². The van der Waals surface area contributed by atoms with Crippen LogP contribution in [0.3, 0.4) is 0 Å². The van der Waals surface area contributed by atoms with E-state index in [1.54, 1.807) is 31.3 Å². The Hall–Kier alpha value is -2.75. The first-order chi connectivity index (χ1) is 11.7. The lowest BCUT2D eigenvalue weighted by molar-refractivity contribution is -0.126. The maximum atomic E-state index is 12.4. The second kappa shape index (κ2) is 8.77. The van der Waals surface area contributed by atoms with Crippen molar-refractivity contribution in [3.8, 4) is 11.5 Å². The van der Waals surface area contributed by atoms with Crippen molar-refractivity contribution in [1.29, 1.82) is 0 Å². The molecule has 0 aromatic heterocycles. The molecule has 0 N–H and O–H groups in total. The Bertz CT molecular complexity index is 695. The molecule has 2 aromatic carbocycles. The van der Waals surface area contributed by atoms with Gasteiger partial charge in [-0.1, -0.05) is 36.4 Å². The van der Waals surface area contributed by atoms with Crippen molar-refractivity contribution in [2.75, 3.05) is 20.8 Å². The lowest BCUT2D eigenvalue weighted by Crippen LogP contribution is -2.28. The Morgan fingerprint density at radius 3 is 2.38 bits per heavy atom. The molecule has 1 amide bonds. The first-order valence-corrected chi connectivity index (χ1v) is 7.90. The highest BCUT2D eigenvalue weighted by atomic mass is 16.5. The number of amides is 1. The predicted octanol–water partition coefficient (Wildman–Crippen LogP) is 3.77. The number of methoxy groups -OCH3 is 2. The predicted molar refractivity (Wildman–Crippen MR) is 96.1 cm³/mol. The molecule has 0 unspecified atom stereocenters. The summed E-state index contributed by atoms with van der Waals surface area (Å²) < 4.78 is 10.5. The Morgan fingerprint density at radius 2 is 1.75 bits per heavy atom. The maximum absolute atomic E-state index is 12.4. The fraction of sp³-hybridized carbons (Fsp3) is 0.250. The van der Waals surface area contributed by atoms with E-state index in [4.69, 9.17) is 9.47 Å². The van der Waals surface area contributed by atoms with Crippen LogP contribution in [0.2, 0.25) is 0 Å². The summed E-state index contributed by atoms with van der Waals surface area (Å²) >= 11 is 0. The second-order valence-electron chi connectivity index (χ2n) is 5.29. The van der Waals surface area contributed by atoms with Crippen LogP contribution < -0.4 is 9.47 Å². The smallest absolute Gasteiger partial charge is 0.246 e. The third kappa shape index (κ3) is 4.62. The molecular formula is C20H23NO3. The molecule has 0 bridgehead atoms. The van der Waals surface area contributed by atoms with E-state index in [0.717, 1.165) is 11.1 Å². The van der Waals surface area contributed by atoms with Gasteiger partial charge in [0.05, 0.1) is 14.2 Å². The molecule has 0 fully saturated rings.